The van der Waals surface area contributed by atoms with Gasteiger partial charge in [0.05, 0.1) is 12.7 Å². The van der Waals surface area contributed by atoms with Gasteiger partial charge in [-0.25, -0.2) is 14.3 Å². The van der Waals surface area contributed by atoms with Crippen molar-refractivity contribution in [2.24, 2.45) is 0 Å². The van der Waals surface area contributed by atoms with E-state index in [0.29, 0.717) is 37.0 Å². The molecule has 32 heavy (non-hydrogen) atoms. The number of carbonyl (C=O) groups is 1. The fourth-order valence-corrected chi connectivity index (χ4v) is 3.88. The number of rotatable bonds is 4. The van der Waals surface area contributed by atoms with Crippen LogP contribution in [0.15, 0.2) is 47.1 Å². The van der Waals surface area contributed by atoms with Gasteiger partial charge in [-0.3, -0.25) is 4.90 Å². The normalized spacial score (nSPS) is 14.8. The van der Waals surface area contributed by atoms with Crippen LogP contribution in [0.2, 0.25) is 0 Å². The molecule has 0 unspecified atom stereocenters. The van der Waals surface area contributed by atoms with Crippen LogP contribution in [0.1, 0.15) is 17.2 Å². The number of benzene rings is 1. The maximum atomic E-state index is 12.5. The monoisotopic (exact) mass is 432 g/mol. The van der Waals surface area contributed by atoms with Crippen molar-refractivity contribution >= 4 is 17.4 Å². The predicted octanol–water partition coefficient (Wildman–Crippen LogP) is 2.75. The van der Waals surface area contributed by atoms with Gasteiger partial charge in [0.15, 0.2) is 11.5 Å². The van der Waals surface area contributed by atoms with Crippen molar-refractivity contribution in [3.8, 4) is 11.5 Å². The number of fused-ring (bicyclic) bond motifs is 1. The second-order valence-electron chi connectivity index (χ2n) is 7.91. The van der Waals surface area contributed by atoms with Crippen LogP contribution in [0.5, 0.6) is 0 Å². The lowest BCUT2D eigenvalue weighted by Gasteiger charge is -2.34. The fraction of sp³-hybridized carbons (Fsp3) is 0.318. The maximum absolute atomic E-state index is 12.5. The molecule has 1 fully saturated rings. The number of nitrogens with one attached hydrogen (secondary N) is 1. The highest BCUT2D eigenvalue weighted by molar-refractivity contribution is 5.89. The first-order chi connectivity index (χ1) is 15.6. The van der Waals surface area contributed by atoms with Gasteiger partial charge < -0.3 is 14.7 Å². The van der Waals surface area contributed by atoms with E-state index in [1.165, 1.54) is 0 Å². The van der Waals surface area contributed by atoms with Crippen molar-refractivity contribution in [2.45, 2.75) is 20.4 Å². The van der Waals surface area contributed by atoms with Crippen LogP contribution in [0, 0.1) is 13.8 Å². The quantitative estimate of drug-likeness (QED) is 0.529. The van der Waals surface area contributed by atoms with Crippen LogP contribution in [-0.2, 0) is 6.54 Å². The molecule has 0 saturated carbocycles. The Morgan fingerprint density at radius 1 is 1.09 bits per heavy atom. The summed E-state index contributed by atoms with van der Waals surface area (Å²) < 4.78 is 7.28. The van der Waals surface area contributed by atoms with Crippen LogP contribution in [0.25, 0.3) is 17.1 Å². The Labute approximate surface area is 184 Å². The summed E-state index contributed by atoms with van der Waals surface area (Å²) in [4.78, 5) is 25.6. The topological polar surface area (TPSA) is 105 Å². The van der Waals surface area contributed by atoms with Gasteiger partial charge in [0.1, 0.15) is 5.56 Å². The van der Waals surface area contributed by atoms with Crippen molar-refractivity contribution in [1.29, 1.82) is 0 Å². The van der Waals surface area contributed by atoms with E-state index in [9.17, 15) is 4.79 Å². The highest BCUT2D eigenvalue weighted by Gasteiger charge is 2.23. The van der Waals surface area contributed by atoms with Crippen LogP contribution in [0.3, 0.4) is 0 Å². The first-order valence-corrected chi connectivity index (χ1v) is 10.5. The molecule has 4 heterocycles. The van der Waals surface area contributed by atoms with Crippen LogP contribution in [-0.4, -0.2) is 66.7 Å². The average molecular weight is 432 g/mol. The number of hydrogen-bond acceptors (Lipinski definition) is 7. The van der Waals surface area contributed by atoms with Gasteiger partial charge in [-0.2, -0.15) is 10.1 Å². The zero-order chi connectivity index (χ0) is 22.1. The standard InChI is InChI=1S/C22H24N8O2/c1-15-12-16(2)30-20(24-15)18(13-23-30)21-26-19(27-32-21)14-28-8-10-29(11-9-28)22(31)25-17-6-4-3-5-7-17/h3-7,12-13H,8-11,14H2,1-2H3,(H,25,31). The van der Waals surface area contributed by atoms with Crippen molar-refractivity contribution in [2.75, 3.05) is 31.5 Å². The Balaban J connectivity index is 1.21. The molecule has 0 spiro atoms. The Kier molecular flexibility index (Phi) is 5.28. The molecule has 0 aliphatic carbocycles. The molecule has 164 valence electrons. The van der Waals surface area contributed by atoms with Crippen molar-refractivity contribution in [3.63, 3.8) is 0 Å². The van der Waals surface area contributed by atoms with Gasteiger partial charge in [0, 0.05) is 43.3 Å². The molecular weight excluding hydrogens is 408 g/mol. The van der Waals surface area contributed by atoms with Crippen LogP contribution >= 0.6 is 0 Å². The number of aromatic nitrogens is 5. The second kappa shape index (κ2) is 8.39. The molecule has 1 aromatic carbocycles. The Morgan fingerprint density at radius 2 is 1.88 bits per heavy atom. The van der Waals surface area contributed by atoms with Crippen molar-refractivity contribution in [1.82, 2.24) is 34.5 Å². The molecule has 2 amide bonds. The largest absolute Gasteiger partial charge is 0.334 e. The van der Waals surface area contributed by atoms with Gasteiger partial charge >= 0.3 is 6.03 Å². The summed E-state index contributed by atoms with van der Waals surface area (Å²) in [7, 11) is 0. The molecule has 3 aromatic heterocycles. The zero-order valence-electron chi connectivity index (χ0n) is 18.0. The average Bonchev–Trinajstić information content (AvgIpc) is 3.42. The summed E-state index contributed by atoms with van der Waals surface area (Å²) in [6.45, 7) is 7.24. The number of aryl methyl sites for hydroxylation is 2. The number of carbonyl (C=O) groups excluding carboxylic acids is 1. The van der Waals surface area contributed by atoms with E-state index < -0.39 is 0 Å². The number of nitrogens with zero attached hydrogens (tertiary/aromatic N) is 7. The summed E-state index contributed by atoms with van der Waals surface area (Å²) in [6, 6.07) is 11.4. The molecule has 1 aliphatic rings. The highest BCUT2D eigenvalue weighted by Crippen LogP contribution is 2.23. The number of para-hydroxylation sites is 1. The maximum Gasteiger partial charge on any atom is 0.321 e. The van der Waals surface area contributed by atoms with Gasteiger partial charge in [-0.05, 0) is 32.0 Å². The number of amides is 2. The summed E-state index contributed by atoms with van der Waals surface area (Å²) in [5.74, 6) is 1.01. The number of urea groups is 1. The van der Waals surface area contributed by atoms with Gasteiger partial charge in [-0.1, -0.05) is 23.4 Å². The molecule has 0 atom stereocenters. The van der Waals surface area contributed by atoms with Gasteiger partial charge in [0.25, 0.3) is 5.89 Å². The fourth-order valence-electron chi connectivity index (χ4n) is 3.88. The first kappa shape index (κ1) is 20.1. The SMILES string of the molecule is Cc1cc(C)n2ncc(-c3nc(CN4CCN(C(=O)Nc5ccccc5)CC4)no3)c2n1. The smallest absolute Gasteiger partial charge is 0.321 e. The van der Waals surface area contributed by atoms with Crippen LogP contribution < -0.4 is 5.32 Å². The molecule has 1 aliphatic heterocycles. The lowest BCUT2D eigenvalue weighted by Crippen LogP contribution is -2.49. The Morgan fingerprint density at radius 3 is 2.66 bits per heavy atom. The van der Waals surface area contributed by atoms with Crippen molar-refractivity contribution < 1.29 is 9.32 Å². The molecular formula is C22H24N8O2. The third kappa shape index (κ3) is 4.04. The second-order valence-corrected chi connectivity index (χ2v) is 7.91. The lowest BCUT2D eigenvalue weighted by molar-refractivity contribution is 0.140. The third-order valence-electron chi connectivity index (χ3n) is 5.53. The van der Waals surface area contributed by atoms with E-state index in [4.69, 9.17) is 4.52 Å². The van der Waals surface area contributed by atoms with Crippen LogP contribution in [0.4, 0.5) is 10.5 Å². The minimum Gasteiger partial charge on any atom is -0.334 e. The first-order valence-electron chi connectivity index (χ1n) is 10.5. The third-order valence-corrected chi connectivity index (χ3v) is 5.53. The summed E-state index contributed by atoms with van der Waals surface area (Å²) in [5, 5.41) is 11.5. The zero-order valence-corrected chi connectivity index (χ0v) is 18.0. The molecule has 0 bridgehead atoms. The summed E-state index contributed by atoms with van der Waals surface area (Å²) >= 11 is 0. The Bertz CT molecular complexity index is 1240. The molecule has 10 heteroatoms. The van der Waals surface area contributed by atoms with E-state index in [2.05, 4.69) is 30.4 Å². The Hall–Kier alpha value is -3.79. The van der Waals surface area contributed by atoms with E-state index in [1.807, 2.05) is 55.1 Å². The van der Waals surface area contributed by atoms with E-state index in [-0.39, 0.29) is 6.03 Å². The minimum atomic E-state index is -0.0797. The molecule has 0 radical (unpaired) electrons. The summed E-state index contributed by atoms with van der Waals surface area (Å²) in [5.41, 5.74) is 4.12. The van der Waals surface area contributed by atoms with E-state index >= 15 is 0 Å². The van der Waals surface area contributed by atoms with Gasteiger partial charge in [-0.15, -0.1) is 0 Å². The summed E-state index contributed by atoms with van der Waals surface area (Å²) in [6.07, 6.45) is 1.70. The van der Waals surface area contributed by atoms with Gasteiger partial charge in [0.2, 0.25) is 0 Å². The number of anilines is 1. The lowest BCUT2D eigenvalue weighted by atomic mass is 10.3. The molecule has 10 nitrogen and oxygen atoms in total. The highest BCUT2D eigenvalue weighted by atomic mass is 16.5. The molecule has 4 aromatic rings. The van der Waals surface area contributed by atoms with E-state index in [1.54, 1.807) is 10.7 Å². The molecule has 1 saturated heterocycles. The number of piperazine rings is 1. The minimum absolute atomic E-state index is 0.0797. The number of hydrogen-bond donors (Lipinski definition) is 1. The molecule has 1 N–H and O–H groups in total. The van der Waals surface area contributed by atoms with E-state index in [0.717, 1.165) is 35.7 Å². The molecule has 5 rings (SSSR count). The van der Waals surface area contributed by atoms with Crippen molar-refractivity contribution in [3.05, 3.63) is 59.8 Å². The predicted molar refractivity (Wildman–Crippen MR) is 118 cm³/mol.